The first-order valence-electron chi connectivity index (χ1n) is 11.9. The minimum atomic E-state index is -4.33. The average Bonchev–Trinajstić information content (AvgIpc) is 3.63. The Morgan fingerprint density at radius 1 is 1.08 bits per heavy atom. The van der Waals surface area contributed by atoms with Crippen molar-refractivity contribution in [2.45, 2.75) is 24.4 Å². The van der Waals surface area contributed by atoms with Crippen LogP contribution in [0.5, 0.6) is 0 Å². The lowest BCUT2D eigenvalue weighted by Crippen LogP contribution is -2.28. The minimum Gasteiger partial charge on any atom is -0.337 e. The Kier molecular flexibility index (Phi) is 6.54. The van der Waals surface area contributed by atoms with Gasteiger partial charge in [0.25, 0.3) is 0 Å². The monoisotopic (exact) mass is 537 g/mol. The quantitative estimate of drug-likeness (QED) is 0.182. The molecule has 1 fully saturated rings. The van der Waals surface area contributed by atoms with Gasteiger partial charge in [0.15, 0.2) is 0 Å². The van der Waals surface area contributed by atoms with Crippen LogP contribution in [0.15, 0.2) is 73.7 Å². The molecule has 2 aromatic carbocycles. The van der Waals surface area contributed by atoms with E-state index < -0.39 is 23.3 Å². The first-order valence-corrected chi connectivity index (χ1v) is 11.9. The molecule has 5 rings (SSSR count). The van der Waals surface area contributed by atoms with Crippen molar-refractivity contribution in [3.8, 4) is 11.1 Å². The van der Waals surface area contributed by atoms with E-state index in [0.717, 1.165) is 6.08 Å². The number of amides is 1. The average molecular weight is 538 g/mol. The number of hydrogen-bond donors (Lipinski definition) is 3. The molecule has 0 bridgehead atoms. The maximum absolute atomic E-state index is 14.8. The van der Waals surface area contributed by atoms with Gasteiger partial charge in [-0.1, -0.05) is 30.8 Å². The highest BCUT2D eigenvalue weighted by Crippen LogP contribution is 2.59. The number of carbonyl (C=O) groups is 1. The van der Waals surface area contributed by atoms with Gasteiger partial charge in [0, 0.05) is 30.7 Å². The van der Waals surface area contributed by atoms with Gasteiger partial charge in [-0.25, -0.2) is 9.37 Å². The van der Waals surface area contributed by atoms with Crippen LogP contribution in [0.4, 0.5) is 46.4 Å². The van der Waals surface area contributed by atoms with Crippen molar-refractivity contribution in [3.63, 3.8) is 0 Å². The lowest BCUT2D eigenvalue weighted by molar-refractivity contribution is -0.160. The number of carbonyl (C=O) groups excluding carboxylic acids is 1. The zero-order chi connectivity index (χ0) is 27.8. The zero-order valence-corrected chi connectivity index (χ0v) is 20.7. The van der Waals surface area contributed by atoms with Crippen molar-refractivity contribution in [1.82, 2.24) is 19.7 Å². The fraction of sp³-hybridized carbons (Fsp3) is 0.185. The number of alkyl halides is 3. The van der Waals surface area contributed by atoms with E-state index in [4.69, 9.17) is 0 Å². The molecule has 0 atom stereocenters. The minimum absolute atomic E-state index is 0.00904. The van der Waals surface area contributed by atoms with Crippen LogP contribution in [0.25, 0.3) is 11.1 Å². The highest BCUT2D eigenvalue weighted by Gasteiger charge is 2.64. The van der Waals surface area contributed by atoms with Crippen molar-refractivity contribution in [3.05, 3.63) is 85.1 Å². The molecule has 0 radical (unpaired) electrons. The van der Waals surface area contributed by atoms with Gasteiger partial charge >= 0.3 is 6.18 Å². The summed E-state index contributed by atoms with van der Waals surface area (Å²) in [5, 5.41) is 12.6. The van der Waals surface area contributed by atoms with Crippen molar-refractivity contribution in [2.24, 2.45) is 7.05 Å². The van der Waals surface area contributed by atoms with Crippen molar-refractivity contribution in [1.29, 1.82) is 0 Å². The number of aryl methyl sites for hydroxylation is 1. The molecule has 12 heteroatoms. The van der Waals surface area contributed by atoms with Gasteiger partial charge in [0.05, 0.1) is 23.0 Å². The summed E-state index contributed by atoms with van der Waals surface area (Å²) in [6.07, 6.45) is 1.64. The van der Waals surface area contributed by atoms with E-state index in [-0.39, 0.29) is 35.9 Å². The summed E-state index contributed by atoms with van der Waals surface area (Å²) in [7, 11) is 1.75. The summed E-state index contributed by atoms with van der Waals surface area (Å²) < 4.78 is 57.2. The topological polar surface area (TPSA) is 96.8 Å². The number of anilines is 5. The molecule has 8 nitrogen and oxygen atoms in total. The Labute approximate surface area is 220 Å². The SMILES string of the molecule is C=CC(=O)Nc1ccc(F)c(Nc2nc(Nc3cnn(C)c3)ncc2-c2ccc(C3(C(F)(F)F)CC3)cc2)c1. The molecule has 39 heavy (non-hydrogen) atoms. The molecule has 0 saturated heterocycles. The summed E-state index contributed by atoms with van der Waals surface area (Å²) >= 11 is 0. The molecule has 1 aliphatic carbocycles. The number of nitrogens with zero attached hydrogens (tertiary/aromatic N) is 4. The van der Waals surface area contributed by atoms with Crippen molar-refractivity contribution >= 4 is 34.7 Å². The van der Waals surface area contributed by atoms with Crippen LogP contribution in [0, 0.1) is 5.82 Å². The van der Waals surface area contributed by atoms with Crippen LogP contribution in [0.1, 0.15) is 18.4 Å². The summed E-state index contributed by atoms with van der Waals surface area (Å²) in [4.78, 5) is 20.5. The molecule has 2 aromatic heterocycles. The first kappa shape index (κ1) is 25.9. The molecule has 0 aliphatic heterocycles. The molecule has 1 saturated carbocycles. The third kappa shape index (κ3) is 5.31. The summed E-state index contributed by atoms with van der Waals surface area (Å²) in [6.45, 7) is 3.40. The molecule has 0 unspecified atom stereocenters. The normalized spacial score (nSPS) is 14.0. The third-order valence-electron chi connectivity index (χ3n) is 6.46. The van der Waals surface area contributed by atoms with Gasteiger partial charge in [0.2, 0.25) is 11.9 Å². The number of aromatic nitrogens is 4. The van der Waals surface area contributed by atoms with Gasteiger partial charge in [-0.2, -0.15) is 23.3 Å². The van der Waals surface area contributed by atoms with E-state index >= 15 is 0 Å². The van der Waals surface area contributed by atoms with Crippen LogP contribution in [-0.2, 0) is 17.3 Å². The fourth-order valence-electron chi connectivity index (χ4n) is 4.21. The second-order valence-corrected chi connectivity index (χ2v) is 9.15. The van der Waals surface area contributed by atoms with Crippen molar-refractivity contribution in [2.75, 3.05) is 16.0 Å². The summed E-state index contributed by atoms with van der Waals surface area (Å²) in [5.41, 5.74) is 0.288. The highest BCUT2D eigenvalue weighted by atomic mass is 19.4. The number of hydrogen-bond acceptors (Lipinski definition) is 6. The van der Waals surface area contributed by atoms with Crippen molar-refractivity contribution < 1.29 is 22.4 Å². The maximum atomic E-state index is 14.8. The maximum Gasteiger partial charge on any atom is 0.398 e. The van der Waals surface area contributed by atoms with Crippen LogP contribution >= 0.6 is 0 Å². The van der Waals surface area contributed by atoms with Gasteiger partial charge in [-0.3, -0.25) is 9.48 Å². The van der Waals surface area contributed by atoms with Crippen LogP contribution in [0.2, 0.25) is 0 Å². The second kappa shape index (κ2) is 9.86. The van der Waals surface area contributed by atoms with Gasteiger partial charge < -0.3 is 16.0 Å². The van der Waals surface area contributed by atoms with E-state index in [1.807, 2.05) is 0 Å². The van der Waals surface area contributed by atoms with Crippen LogP contribution < -0.4 is 16.0 Å². The predicted molar refractivity (Wildman–Crippen MR) is 139 cm³/mol. The van der Waals surface area contributed by atoms with Crippen LogP contribution in [0.3, 0.4) is 0 Å². The van der Waals surface area contributed by atoms with Gasteiger partial charge in [-0.05, 0) is 48.2 Å². The Balaban J connectivity index is 1.51. The Hall–Kier alpha value is -4.74. The standard InChI is InChI=1S/C27H23F4N7O/c1-3-23(39)34-18-8-9-21(28)22(12-18)36-24-20(14-32-25(37-24)35-19-13-33-38(2)15-19)16-4-6-17(7-5-16)26(10-11-26)27(29,30)31/h3-9,12-15H,1,10-11H2,2H3,(H,34,39)(H2,32,35,36,37). The summed E-state index contributed by atoms with van der Waals surface area (Å²) in [5.74, 6) is -0.719. The van der Waals surface area contributed by atoms with Gasteiger partial charge in [0.1, 0.15) is 11.6 Å². The molecule has 2 heterocycles. The highest BCUT2D eigenvalue weighted by molar-refractivity contribution is 5.99. The molecule has 0 spiro atoms. The smallest absolute Gasteiger partial charge is 0.337 e. The van der Waals surface area contributed by atoms with Gasteiger partial charge in [-0.15, -0.1) is 0 Å². The Morgan fingerprint density at radius 2 is 1.82 bits per heavy atom. The fourth-order valence-corrected chi connectivity index (χ4v) is 4.21. The molecular formula is C27H23F4N7O. The number of rotatable bonds is 8. The molecule has 4 aromatic rings. The van der Waals surface area contributed by atoms with E-state index in [2.05, 4.69) is 37.6 Å². The summed E-state index contributed by atoms with van der Waals surface area (Å²) in [6, 6.07) is 10.00. The predicted octanol–water partition coefficient (Wildman–Crippen LogP) is 6.22. The van der Waals surface area contributed by atoms with E-state index in [0.29, 0.717) is 22.5 Å². The van der Waals surface area contributed by atoms with E-state index in [1.165, 1.54) is 36.5 Å². The second-order valence-electron chi connectivity index (χ2n) is 9.15. The zero-order valence-electron chi connectivity index (χ0n) is 20.7. The lowest BCUT2D eigenvalue weighted by Gasteiger charge is -2.20. The third-order valence-corrected chi connectivity index (χ3v) is 6.46. The largest absolute Gasteiger partial charge is 0.398 e. The van der Waals surface area contributed by atoms with E-state index in [9.17, 15) is 22.4 Å². The Morgan fingerprint density at radius 3 is 2.44 bits per heavy atom. The molecule has 200 valence electrons. The number of benzene rings is 2. The molecule has 3 N–H and O–H groups in total. The molecule has 1 aliphatic rings. The number of nitrogens with one attached hydrogen (secondary N) is 3. The van der Waals surface area contributed by atoms with Crippen LogP contribution in [-0.4, -0.2) is 31.8 Å². The van der Waals surface area contributed by atoms with E-state index in [1.54, 1.807) is 36.3 Å². The first-order chi connectivity index (χ1) is 18.6. The molecular weight excluding hydrogens is 514 g/mol. The number of halogens is 4. The lowest BCUT2D eigenvalue weighted by atomic mass is 9.93. The Bertz CT molecular complexity index is 1540. The molecule has 1 amide bonds.